The zero-order chi connectivity index (χ0) is 7.33. The molecule has 56 valence electrons. The van der Waals surface area contributed by atoms with Gasteiger partial charge >= 0.3 is 8.17 Å². The van der Waals surface area contributed by atoms with Crippen molar-refractivity contribution in [2.75, 3.05) is 20.3 Å². The summed E-state index contributed by atoms with van der Waals surface area (Å²) >= 11 is 0. The van der Waals surface area contributed by atoms with Crippen LogP contribution in [0.15, 0.2) is 0 Å². The molecule has 0 atom stereocenters. The van der Waals surface area contributed by atoms with Gasteiger partial charge in [0, 0.05) is 6.54 Å². The molecule has 0 aliphatic heterocycles. The highest BCUT2D eigenvalue weighted by Crippen LogP contribution is 2.50. The van der Waals surface area contributed by atoms with Crippen molar-refractivity contribution >= 4 is 8.17 Å². The maximum Gasteiger partial charge on any atom is 0.569 e. The van der Waals surface area contributed by atoms with E-state index in [1.807, 2.05) is 0 Å². The Kier molecular flexibility index (Phi) is 4.22. The van der Waals surface area contributed by atoms with Gasteiger partial charge in [-0.3, -0.25) is 0 Å². The van der Waals surface area contributed by atoms with Crippen molar-refractivity contribution in [1.29, 1.82) is 0 Å². The van der Waals surface area contributed by atoms with E-state index in [4.69, 9.17) is 15.5 Å². The van der Waals surface area contributed by atoms with Crippen LogP contribution in [0, 0.1) is 0 Å². The highest BCUT2D eigenvalue weighted by molar-refractivity contribution is 7.54. The van der Waals surface area contributed by atoms with Crippen LogP contribution in [0.2, 0.25) is 0 Å². The molecule has 0 spiro atoms. The molecule has 0 heterocycles. The molecule has 4 N–H and O–H groups in total. The molecule has 0 saturated carbocycles. The van der Waals surface area contributed by atoms with Crippen LogP contribution in [0.3, 0.4) is 0 Å². The minimum atomic E-state index is -3.52. The van der Waals surface area contributed by atoms with Gasteiger partial charge in [-0.25, -0.2) is 0 Å². The Balaban J connectivity index is 3.33. The van der Waals surface area contributed by atoms with Gasteiger partial charge in [0.25, 0.3) is 0 Å². The average molecular weight is 156 g/mol. The number of hydrogen-bond acceptors (Lipinski definition) is 5. The maximum absolute atomic E-state index is 8.62. The molecule has 0 saturated heterocycles. The zero-order valence-corrected chi connectivity index (χ0v) is 6.04. The van der Waals surface area contributed by atoms with Crippen molar-refractivity contribution in [2.45, 2.75) is 0 Å². The van der Waals surface area contributed by atoms with Crippen molar-refractivity contribution in [3.05, 3.63) is 0 Å². The third-order valence-corrected chi connectivity index (χ3v) is 1.61. The Morgan fingerprint density at radius 1 is 1.56 bits per heavy atom. The van der Waals surface area contributed by atoms with Crippen LogP contribution in [0.1, 0.15) is 0 Å². The van der Waals surface area contributed by atoms with Crippen LogP contribution in [0.5, 0.6) is 0 Å². The quantitative estimate of drug-likeness (QED) is 0.467. The summed E-state index contributed by atoms with van der Waals surface area (Å²) in [5, 5.41) is 0. The molecular formula is C3H11NO4P+. The van der Waals surface area contributed by atoms with E-state index in [0.717, 1.165) is 7.11 Å². The van der Waals surface area contributed by atoms with Crippen LogP contribution in [0.4, 0.5) is 0 Å². The van der Waals surface area contributed by atoms with Gasteiger partial charge in [0.05, 0.1) is 7.11 Å². The van der Waals surface area contributed by atoms with Crippen LogP contribution in [-0.2, 0) is 9.05 Å². The number of hydrogen-bond donors (Lipinski definition) is 3. The third-order valence-electron chi connectivity index (χ3n) is 0.615. The van der Waals surface area contributed by atoms with Gasteiger partial charge in [0.15, 0.2) is 0 Å². The SMILES string of the molecule is CO[P+](O)(O)OCCN. The van der Waals surface area contributed by atoms with E-state index in [1.165, 1.54) is 0 Å². The molecular weight excluding hydrogens is 145 g/mol. The van der Waals surface area contributed by atoms with E-state index in [1.54, 1.807) is 0 Å². The molecule has 0 aromatic rings. The van der Waals surface area contributed by atoms with Crippen molar-refractivity contribution in [1.82, 2.24) is 0 Å². The van der Waals surface area contributed by atoms with E-state index in [-0.39, 0.29) is 13.2 Å². The van der Waals surface area contributed by atoms with Gasteiger partial charge in [-0.15, -0.1) is 0 Å². The monoisotopic (exact) mass is 156 g/mol. The first kappa shape index (κ1) is 9.23. The second-order valence-corrected chi connectivity index (χ2v) is 2.90. The Labute approximate surface area is 54.1 Å². The summed E-state index contributed by atoms with van der Waals surface area (Å²) in [5.74, 6) is 0. The third kappa shape index (κ3) is 4.72. The predicted molar refractivity (Wildman–Crippen MR) is 33.4 cm³/mol. The molecule has 9 heavy (non-hydrogen) atoms. The number of rotatable bonds is 4. The molecule has 0 aliphatic carbocycles. The smallest absolute Gasteiger partial charge is 0.328 e. The lowest BCUT2D eigenvalue weighted by Gasteiger charge is -2.04. The largest absolute Gasteiger partial charge is 0.569 e. The highest BCUT2D eigenvalue weighted by Gasteiger charge is 2.36. The molecule has 0 fully saturated rings. The van der Waals surface area contributed by atoms with Gasteiger partial charge in [0.2, 0.25) is 0 Å². The molecule has 0 unspecified atom stereocenters. The summed E-state index contributed by atoms with van der Waals surface area (Å²) in [6.07, 6.45) is 0. The van der Waals surface area contributed by atoms with Crippen LogP contribution in [-0.4, -0.2) is 30.0 Å². The molecule has 0 rings (SSSR count). The van der Waals surface area contributed by atoms with E-state index in [0.29, 0.717) is 0 Å². The normalized spacial score (nSPS) is 12.0. The minimum absolute atomic E-state index is 0.0919. The summed E-state index contributed by atoms with van der Waals surface area (Å²) in [4.78, 5) is 17.2. The number of nitrogens with two attached hydrogens (primary N) is 1. The van der Waals surface area contributed by atoms with Crippen LogP contribution >= 0.6 is 8.17 Å². The molecule has 0 amide bonds. The maximum atomic E-state index is 8.62. The standard InChI is InChI=1S/C3H11NO4P/c1-7-9(5,6)8-3-2-4/h5-6H,2-4H2,1H3/q+1. The van der Waals surface area contributed by atoms with E-state index in [2.05, 4.69) is 9.05 Å². The predicted octanol–water partition coefficient (Wildman–Crippen LogP) is -0.730. The van der Waals surface area contributed by atoms with Gasteiger partial charge in [0.1, 0.15) is 6.61 Å². The van der Waals surface area contributed by atoms with Crippen molar-refractivity contribution in [3.63, 3.8) is 0 Å². The molecule has 6 heteroatoms. The first-order chi connectivity index (χ1) is 4.12. The van der Waals surface area contributed by atoms with Crippen LogP contribution in [0.25, 0.3) is 0 Å². The Hall–Kier alpha value is 0.230. The molecule has 0 bridgehead atoms. The fraction of sp³-hybridized carbons (Fsp3) is 1.00. The summed E-state index contributed by atoms with van der Waals surface area (Å²) in [7, 11) is -2.36. The summed E-state index contributed by atoms with van der Waals surface area (Å²) in [6, 6.07) is 0. The van der Waals surface area contributed by atoms with Crippen molar-refractivity contribution < 1.29 is 18.8 Å². The first-order valence-electron chi connectivity index (χ1n) is 2.37. The lowest BCUT2D eigenvalue weighted by molar-refractivity contribution is 0.141. The van der Waals surface area contributed by atoms with Gasteiger partial charge in [-0.2, -0.15) is 18.8 Å². The first-order valence-corrected chi connectivity index (χ1v) is 3.90. The Bertz CT molecular complexity index is 78.2. The molecule has 0 radical (unpaired) electrons. The fourth-order valence-electron chi connectivity index (χ4n) is 0.224. The van der Waals surface area contributed by atoms with Gasteiger partial charge < -0.3 is 5.73 Å². The van der Waals surface area contributed by atoms with Gasteiger partial charge in [-0.05, 0) is 0 Å². The summed E-state index contributed by atoms with van der Waals surface area (Å²) in [6.45, 7) is 0.334. The van der Waals surface area contributed by atoms with E-state index >= 15 is 0 Å². The average Bonchev–Trinajstić information content (AvgIpc) is 1.84. The molecule has 5 nitrogen and oxygen atoms in total. The van der Waals surface area contributed by atoms with Crippen molar-refractivity contribution in [2.24, 2.45) is 5.73 Å². The van der Waals surface area contributed by atoms with E-state index in [9.17, 15) is 0 Å². The van der Waals surface area contributed by atoms with Gasteiger partial charge in [-0.1, -0.05) is 0 Å². The molecule has 0 aromatic heterocycles. The van der Waals surface area contributed by atoms with Crippen molar-refractivity contribution in [3.8, 4) is 0 Å². The van der Waals surface area contributed by atoms with Crippen LogP contribution < -0.4 is 5.73 Å². The summed E-state index contributed by atoms with van der Waals surface area (Å²) < 4.78 is 8.59. The fourth-order valence-corrected chi connectivity index (χ4v) is 0.673. The Morgan fingerprint density at radius 2 is 2.11 bits per heavy atom. The minimum Gasteiger partial charge on any atom is -0.328 e. The molecule has 0 aliphatic rings. The molecule has 0 aromatic carbocycles. The second-order valence-electron chi connectivity index (χ2n) is 1.30. The second kappa shape index (κ2) is 4.11. The zero-order valence-electron chi connectivity index (χ0n) is 5.15. The lowest BCUT2D eigenvalue weighted by atomic mass is 10.8. The Morgan fingerprint density at radius 3 is 2.44 bits per heavy atom. The topological polar surface area (TPSA) is 84.9 Å². The lowest BCUT2D eigenvalue weighted by Crippen LogP contribution is -2.09. The summed E-state index contributed by atoms with van der Waals surface area (Å²) in [5.41, 5.74) is 5.01. The highest BCUT2D eigenvalue weighted by atomic mass is 31.2. The van der Waals surface area contributed by atoms with E-state index < -0.39 is 8.17 Å².